The Morgan fingerprint density at radius 2 is 2.08 bits per heavy atom. The summed E-state index contributed by atoms with van der Waals surface area (Å²) in [5.74, 6) is -0.221. The van der Waals surface area contributed by atoms with Crippen LogP contribution < -0.4 is 10.6 Å². The van der Waals surface area contributed by atoms with Gasteiger partial charge in [-0.15, -0.1) is 5.10 Å². The summed E-state index contributed by atoms with van der Waals surface area (Å²) in [7, 11) is 0. The summed E-state index contributed by atoms with van der Waals surface area (Å²) in [5, 5.41) is 15.4. The van der Waals surface area contributed by atoms with Gasteiger partial charge in [-0.25, -0.2) is 4.68 Å². The number of amides is 1. The Morgan fingerprint density at radius 3 is 2.88 bits per heavy atom. The molecule has 0 aliphatic carbocycles. The van der Waals surface area contributed by atoms with Crippen molar-refractivity contribution in [3.63, 3.8) is 0 Å². The quantitative estimate of drug-likeness (QED) is 0.716. The van der Waals surface area contributed by atoms with Gasteiger partial charge >= 0.3 is 0 Å². The number of carbonyl (C=O) groups is 1. The number of aromatic nitrogens is 4. The van der Waals surface area contributed by atoms with Crippen molar-refractivity contribution < 1.29 is 4.79 Å². The van der Waals surface area contributed by atoms with E-state index >= 15 is 0 Å². The molecule has 3 rings (SSSR count). The molecule has 7 nitrogen and oxygen atoms in total. The van der Waals surface area contributed by atoms with Crippen molar-refractivity contribution in [3.05, 3.63) is 47.9 Å². The van der Waals surface area contributed by atoms with Crippen LogP contribution in [0.5, 0.6) is 0 Å². The minimum Gasteiger partial charge on any atom is -0.349 e. The summed E-state index contributed by atoms with van der Waals surface area (Å²) in [6.45, 7) is 7.29. The molecular weight excluding hydrogens is 316 g/mol. The van der Waals surface area contributed by atoms with E-state index in [-0.39, 0.29) is 11.9 Å². The van der Waals surface area contributed by atoms with Crippen molar-refractivity contribution in [3.8, 4) is 5.69 Å². The average Bonchev–Trinajstić information content (AvgIpc) is 3.01. The molecular formula is C18H22N6O. The van der Waals surface area contributed by atoms with E-state index in [2.05, 4.69) is 25.9 Å². The summed E-state index contributed by atoms with van der Waals surface area (Å²) >= 11 is 0. The first-order valence-corrected chi connectivity index (χ1v) is 8.39. The molecule has 1 atom stereocenters. The zero-order valence-corrected chi connectivity index (χ0v) is 14.7. The zero-order valence-electron chi connectivity index (χ0n) is 14.7. The highest BCUT2D eigenvalue weighted by molar-refractivity contribution is 5.93. The molecule has 0 fully saturated rings. The number of nitrogens with zero attached hydrogens (tertiary/aromatic N) is 4. The van der Waals surface area contributed by atoms with Crippen molar-refractivity contribution in [2.45, 2.75) is 26.8 Å². The second-order valence-electron chi connectivity index (χ2n) is 5.96. The first-order valence-electron chi connectivity index (χ1n) is 8.39. The molecule has 0 aliphatic heterocycles. The van der Waals surface area contributed by atoms with Crippen LogP contribution in [-0.4, -0.2) is 45.0 Å². The highest BCUT2D eigenvalue weighted by atomic mass is 16.2. The molecule has 130 valence electrons. The lowest BCUT2D eigenvalue weighted by Crippen LogP contribution is -2.39. The number of likely N-dealkylation sites (N-methyl/N-ethyl adjacent to an activating group) is 1. The normalized spacial score (nSPS) is 12.3. The lowest BCUT2D eigenvalue weighted by Gasteiger charge is -2.12. The molecule has 2 N–H and O–H groups in total. The van der Waals surface area contributed by atoms with Gasteiger partial charge in [-0.3, -0.25) is 9.78 Å². The van der Waals surface area contributed by atoms with Crippen molar-refractivity contribution in [2.75, 3.05) is 13.1 Å². The lowest BCUT2D eigenvalue weighted by molar-refractivity contribution is 0.0944. The molecule has 0 radical (unpaired) electrons. The molecule has 0 unspecified atom stereocenters. The van der Waals surface area contributed by atoms with Gasteiger partial charge in [0.15, 0.2) is 5.69 Å². The van der Waals surface area contributed by atoms with E-state index in [0.717, 1.165) is 23.1 Å². The van der Waals surface area contributed by atoms with Crippen LogP contribution in [0.1, 0.15) is 30.0 Å². The molecule has 1 aromatic carbocycles. The van der Waals surface area contributed by atoms with Gasteiger partial charge in [-0.2, -0.15) is 0 Å². The van der Waals surface area contributed by atoms with Gasteiger partial charge in [0.25, 0.3) is 5.91 Å². The maximum atomic E-state index is 12.4. The molecule has 0 bridgehead atoms. The van der Waals surface area contributed by atoms with Crippen molar-refractivity contribution >= 4 is 16.8 Å². The molecule has 0 saturated heterocycles. The Bertz CT molecular complexity index is 883. The van der Waals surface area contributed by atoms with Gasteiger partial charge in [0.1, 0.15) is 0 Å². The average molecular weight is 338 g/mol. The monoisotopic (exact) mass is 338 g/mol. The van der Waals surface area contributed by atoms with Crippen LogP contribution in [0, 0.1) is 6.92 Å². The SMILES string of the molecule is CCN[C@H](C)CNC(=O)c1nnn(-c2cccc3cccnc23)c1C. The summed E-state index contributed by atoms with van der Waals surface area (Å²) in [4.78, 5) is 16.8. The third-order valence-electron chi connectivity index (χ3n) is 4.07. The van der Waals surface area contributed by atoms with E-state index in [1.807, 2.05) is 51.1 Å². The largest absolute Gasteiger partial charge is 0.349 e. The predicted molar refractivity (Wildman–Crippen MR) is 96.9 cm³/mol. The highest BCUT2D eigenvalue weighted by Gasteiger charge is 2.18. The molecule has 2 heterocycles. The maximum absolute atomic E-state index is 12.4. The summed E-state index contributed by atoms with van der Waals surface area (Å²) in [6, 6.07) is 9.95. The van der Waals surface area contributed by atoms with Crippen LogP contribution in [0.4, 0.5) is 0 Å². The van der Waals surface area contributed by atoms with Crippen molar-refractivity contribution in [1.29, 1.82) is 0 Å². The molecule has 7 heteroatoms. The van der Waals surface area contributed by atoms with Crippen LogP contribution >= 0.6 is 0 Å². The topological polar surface area (TPSA) is 84.7 Å². The number of nitrogens with one attached hydrogen (secondary N) is 2. The number of pyridine rings is 1. The summed E-state index contributed by atoms with van der Waals surface area (Å²) in [6.07, 6.45) is 1.74. The number of carbonyl (C=O) groups excluding carboxylic acids is 1. The molecule has 0 spiro atoms. The maximum Gasteiger partial charge on any atom is 0.273 e. The van der Waals surface area contributed by atoms with Gasteiger partial charge in [-0.05, 0) is 32.5 Å². The molecule has 1 amide bonds. The van der Waals surface area contributed by atoms with Gasteiger partial charge in [-0.1, -0.05) is 30.3 Å². The fourth-order valence-electron chi connectivity index (χ4n) is 2.78. The van der Waals surface area contributed by atoms with Gasteiger partial charge in [0.05, 0.1) is 16.9 Å². The second kappa shape index (κ2) is 7.40. The Labute approximate surface area is 146 Å². The Kier molecular flexibility index (Phi) is 5.04. The lowest BCUT2D eigenvalue weighted by atomic mass is 10.2. The predicted octanol–water partition coefficient (Wildman–Crippen LogP) is 1.85. The molecule has 25 heavy (non-hydrogen) atoms. The van der Waals surface area contributed by atoms with Gasteiger partial charge in [0, 0.05) is 24.2 Å². The van der Waals surface area contributed by atoms with E-state index in [1.54, 1.807) is 10.9 Å². The number of hydrogen-bond donors (Lipinski definition) is 2. The standard InChI is InChI=1S/C18H22N6O/c1-4-19-12(2)11-21-18(25)16-13(3)24(23-22-16)15-9-5-7-14-8-6-10-20-17(14)15/h5-10,12,19H,4,11H2,1-3H3,(H,21,25)/t12-/m1/s1. The zero-order chi connectivity index (χ0) is 17.8. The van der Waals surface area contributed by atoms with Gasteiger partial charge < -0.3 is 10.6 Å². The molecule has 2 aromatic heterocycles. The van der Waals surface area contributed by atoms with Crippen LogP contribution in [0.2, 0.25) is 0 Å². The smallest absolute Gasteiger partial charge is 0.273 e. The van der Waals surface area contributed by atoms with Crippen LogP contribution in [-0.2, 0) is 0 Å². The van der Waals surface area contributed by atoms with Gasteiger partial charge in [0.2, 0.25) is 0 Å². The summed E-state index contributed by atoms with van der Waals surface area (Å²) < 4.78 is 1.66. The van der Waals surface area contributed by atoms with Crippen LogP contribution in [0.25, 0.3) is 16.6 Å². The highest BCUT2D eigenvalue weighted by Crippen LogP contribution is 2.21. The van der Waals surface area contributed by atoms with E-state index in [0.29, 0.717) is 17.9 Å². The van der Waals surface area contributed by atoms with E-state index in [9.17, 15) is 4.79 Å². The minimum absolute atomic E-state index is 0.201. The molecule has 3 aromatic rings. The summed E-state index contributed by atoms with van der Waals surface area (Å²) in [5.41, 5.74) is 2.65. The first-order chi connectivity index (χ1) is 12.1. The minimum atomic E-state index is -0.221. The Balaban J connectivity index is 1.87. The van der Waals surface area contributed by atoms with Crippen molar-refractivity contribution in [1.82, 2.24) is 30.6 Å². The number of hydrogen-bond acceptors (Lipinski definition) is 5. The molecule has 0 aliphatic rings. The number of para-hydroxylation sites is 1. The molecule has 0 saturated carbocycles. The van der Waals surface area contributed by atoms with E-state index < -0.39 is 0 Å². The van der Waals surface area contributed by atoms with Crippen molar-refractivity contribution in [2.24, 2.45) is 0 Å². The third-order valence-corrected chi connectivity index (χ3v) is 4.07. The second-order valence-corrected chi connectivity index (χ2v) is 5.96. The first kappa shape index (κ1) is 17.0. The number of benzene rings is 1. The van der Waals surface area contributed by atoms with Crippen LogP contribution in [0.3, 0.4) is 0 Å². The Hall–Kier alpha value is -2.80. The van der Waals surface area contributed by atoms with E-state index in [1.165, 1.54) is 0 Å². The number of fused-ring (bicyclic) bond motifs is 1. The third kappa shape index (κ3) is 3.51. The fraction of sp³-hybridized carbons (Fsp3) is 0.333. The Morgan fingerprint density at radius 1 is 1.28 bits per heavy atom. The fourth-order valence-corrected chi connectivity index (χ4v) is 2.78. The van der Waals surface area contributed by atoms with E-state index in [4.69, 9.17) is 0 Å². The van der Waals surface area contributed by atoms with Crippen LogP contribution in [0.15, 0.2) is 36.5 Å². The number of rotatable bonds is 6.